The number of ether oxygens (including phenoxy) is 4. The highest BCUT2D eigenvalue weighted by Crippen LogP contribution is 2.30. The molecule has 0 spiro atoms. The van der Waals surface area contributed by atoms with E-state index in [4.69, 9.17) is 18.9 Å². The second kappa shape index (κ2) is 41.0. The van der Waals surface area contributed by atoms with Crippen molar-refractivity contribution in [2.75, 3.05) is 19.8 Å². The van der Waals surface area contributed by atoms with Crippen molar-refractivity contribution in [3.63, 3.8) is 0 Å². The first-order valence-corrected chi connectivity index (χ1v) is 27.6. The van der Waals surface area contributed by atoms with E-state index in [9.17, 15) is 45.6 Å². The zero-order chi connectivity index (χ0) is 49.6. The maximum absolute atomic E-state index is 13.2. The summed E-state index contributed by atoms with van der Waals surface area (Å²) in [6, 6.07) is -0.826. The number of unbranched alkanes of at least 4 members (excludes halogenated alkanes) is 26. The predicted molar refractivity (Wildman–Crippen MR) is 268 cm³/mol. The first-order valence-electron chi connectivity index (χ1n) is 27.6. The fraction of sp³-hybridized carbons (Fsp3) is 0.907. The fourth-order valence-electron chi connectivity index (χ4n) is 9.15. The van der Waals surface area contributed by atoms with Crippen molar-refractivity contribution in [3.8, 4) is 0 Å². The Kier molecular flexibility index (Phi) is 37.7. The van der Waals surface area contributed by atoms with Gasteiger partial charge in [-0.05, 0) is 44.9 Å². The first kappa shape index (κ1) is 62.6. The molecule has 2 fully saturated rings. The zero-order valence-corrected chi connectivity index (χ0v) is 42.6. The molecule has 2 rings (SSSR count). The van der Waals surface area contributed by atoms with Gasteiger partial charge in [0.25, 0.3) is 0 Å². The Hall–Kier alpha value is -1.53. The Morgan fingerprint density at radius 1 is 0.529 bits per heavy atom. The number of allylic oxidation sites excluding steroid dienone is 4. The summed E-state index contributed by atoms with van der Waals surface area (Å²) in [6.45, 7) is 2.83. The summed E-state index contributed by atoms with van der Waals surface area (Å²) in [5.41, 5.74) is 0. The molecule has 2 saturated heterocycles. The van der Waals surface area contributed by atoms with Crippen LogP contribution in [-0.4, -0.2) is 140 Å². The maximum atomic E-state index is 13.2. The van der Waals surface area contributed by atoms with Gasteiger partial charge >= 0.3 is 0 Å². The Bertz CT molecular complexity index is 1240. The second-order valence-electron chi connectivity index (χ2n) is 19.7. The average molecular weight is 972 g/mol. The van der Waals surface area contributed by atoms with Crippen molar-refractivity contribution >= 4 is 5.91 Å². The molecule has 2 aliphatic rings. The molecule has 0 saturated carbocycles. The molecule has 12 unspecified atom stereocenters. The molecule has 400 valence electrons. The molecule has 68 heavy (non-hydrogen) atoms. The van der Waals surface area contributed by atoms with Crippen molar-refractivity contribution in [1.82, 2.24) is 5.32 Å². The van der Waals surface area contributed by atoms with Gasteiger partial charge in [-0.25, -0.2) is 0 Å². The first-order chi connectivity index (χ1) is 33.1. The normalized spacial score (nSPS) is 26.5. The molecule has 0 aromatic heterocycles. The van der Waals surface area contributed by atoms with Crippen molar-refractivity contribution in [2.45, 2.75) is 293 Å². The lowest BCUT2D eigenvalue weighted by Gasteiger charge is -2.46. The maximum Gasteiger partial charge on any atom is 0.220 e. The third-order valence-electron chi connectivity index (χ3n) is 13.7. The zero-order valence-electron chi connectivity index (χ0n) is 42.6. The van der Waals surface area contributed by atoms with E-state index in [2.05, 4.69) is 43.5 Å². The number of amides is 1. The van der Waals surface area contributed by atoms with Gasteiger partial charge in [-0.1, -0.05) is 192 Å². The largest absolute Gasteiger partial charge is 0.394 e. The van der Waals surface area contributed by atoms with Crippen LogP contribution in [0.1, 0.15) is 219 Å². The van der Waals surface area contributed by atoms with Crippen molar-refractivity contribution in [1.29, 1.82) is 0 Å². The van der Waals surface area contributed by atoms with E-state index < -0.39 is 86.8 Å². The van der Waals surface area contributed by atoms with Crippen molar-refractivity contribution < 1.29 is 64.6 Å². The van der Waals surface area contributed by atoms with E-state index in [0.29, 0.717) is 12.8 Å². The predicted octanol–water partition coefficient (Wildman–Crippen LogP) is 8.11. The van der Waals surface area contributed by atoms with Crippen LogP contribution in [0.4, 0.5) is 0 Å². The molecular weight excluding hydrogens is 871 g/mol. The minimum absolute atomic E-state index is 0.209. The highest BCUT2D eigenvalue weighted by atomic mass is 16.7. The Labute approximate surface area is 411 Å². The van der Waals surface area contributed by atoms with Crippen LogP contribution in [0.3, 0.4) is 0 Å². The summed E-state index contributed by atoms with van der Waals surface area (Å²) in [5.74, 6) is -0.209. The van der Waals surface area contributed by atoms with Gasteiger partial charge in [0.2, 0.25) is 5.91 Å². The number of carbonyl (C=O) groups is 1. The summed E-state index contributed by atoms with van der Waals surface area (Å²) < 4.78 is 22.8. The van der Waals surface area contributed by atoms with Crippen LogP contribution in [-0.2, 0) is 23.7 Å². The summed E-state index contributed by atoms with van der Waals surface area (Å²) in [7, 11) is 0. The fourth-order valence-corrected chi connectivity index (χ4v) is 9.15. The third-order valence-corrected chi connectivity index (χ3v) is 13.7. The molecule has 0 aliphatic carbocycles. The number of aliphatic hydroxyl groups is 8. The van der Waals surface area contributed by atoms with Gasteiger partial charge in [0.05, 0.1) is 32.0 Å². The van der Waals surface area contributed by atoms with Gasteiger partial charge in [0.15, 0.2) is 12.6 Å². The molecule has 0 radical (unpaired) electrons. The molecule has 0 bridgehead atoms. The number of hydrogen-bond acceptors (Lipinski definition) is 13. The topological polar surface area (TPSA) is 228 Å². The van der Waals surface area contributed by atoms with Crippen LogP contribution in [0.5, 0.6) is 0 Å². The smallest absolute Gasteiger partial charge is 0.220 e. The van der Waals surface area contributed by atoms with E-state index in [1.165, 1.54) is 135 Å². The third kappa shape index (κ3) is 27.3. The van der Waals surface area contributed by atoms with E-state index in [0.717, 1.165) is 57.8 Å². The van der Waals surface area contributed by atoms with Crippen LogP contribution in [0, 0.1) is 0 Å². The molecule has 0 aromatic rings. The molecule has 14 heteroatoms. The second-order valence-corrected chi connectivity index (χ2v) is 19.7. The van der Waals surface area contributed by atoms with E-state index in [1.807, 2.05) is 0 Å². The van der Waals surface area contributed by atoms with Gasteiger partial charge < -0.3 is 65.1 Å². The molecule has 1 amide bonds. The molecule has 0 aromatic carbocycles. The summed E-state index contributed by atoms with van der Waals surface area (Å²) in [6.07, 6.45) is 29.0. The van der Waals surface area contributed by atoms with Crippen LogP contribution >= 0.6 is 0 Å². The molecule has 2 heterocycles. The van der Waals surface area contributed by atoms with Gasteiger partial charge in [0.1, 0.15) is 48.8 Å². The van der Waals surface area contributed by atoms with Crippen LogP contribution in [0.2, 0.25) is 0 Å². The summed E-state index contributed by atoms with van der Waals surface area (Å²) in [4.78, 5) is 13.2. The number of rotatable bonds is 43. The SMILES string of the molecule is CCCCCCC/C=C\C/C=C\CCCCCCCCCCCCCC(=O)NC(COC1OC(CO)C(OC2OC(CO)C(O)C(O)C2O)C(O)C1O)C(O)CCCCCCCCCCCCC. The van der Waals surface area contributed by atoms with Gasteiger partial charge in [-0.2, -0.15) is 0 Å². The van der Waals surface area contributed by atoms with Crippen LogP contribution in [0.15, 0.2) is 24.3 Å². The highest BCUT2D eigenvalue weighted by molar-refractivity contribution is 5.76. The average Bonchev–Trinajstić information content (AvgIpc) is 3.34. The standard InChI is InChI=1S/C54H101NO13/c1-3-5-7-9-11-13-15-16-17-18-19-20-21-22-23-24-25-26-28-30-32-34-36-38-46(59)55-42(43(58)37-35-33-31-29-27-14-12-10-8-6-4-2)41-65-53-51(64)49(62)52(45(40-57)67-53)68-54-50(63)48(61)47(60)44(39-56)66-54/h15-16,18-19,42-45,47-54,56-58,60-64H,3-14,17,20-41H2,1-2H3,(H,55,59)/b16-15-,19-18-. The van der Waals surface area contributed by atoms with Crippen LogP contribution < -0.4 is 5.32 Å². The number of carbonyl (C=O) groups excluding carboxylic acids is 1. The van der Waals surface area contributed by atoms with E-state index >= 15 is 0 Å². The van der Waals surface area contributed by atoms with Crippen molar-refractivity contribution in [3.05, 3.63) is 24.3 Å². The summed E-state index contributed by atoms with van der Waals surface area (Å²) >= 11 is 0. The number of nitrogens with one attached hydrogen (secondary N) is 1. The lowest BCUT2D eigenvalue weighted by Crippen LogP contribution is -2.65. The quantitative estimate of drug-likeness (QED) is 0.0208. The minimum Gasteiger partial charge on any atom is -0.394 e. The lowest BCUT2D eigenvalue weighted by atomic mass is 9.97. The van der Waals surface area contributed by atoms with Gasteiger partial charge in [-0.3, -0.25) is 4.79 Å². The van der Waals surface area contributed by atoms with E-state index in [-0.39, 0.29) is 12.5 Å². The summed E-state index contributed by atoms with van der Waals surface area (Å²) in [5, 5.41) is 86.9. The molecular formula is C54H101NO13. The van der Waals surface area contributed by atoms with Gasteiger partial charge in [0, 0.05) is 6.42 Å². The molecule has 14 nitrogen and oxygen atoms in total. The Morgan fingerprint density at radius 2 is 0.971 bits per heavy atom. The molecule has 2 aliphatic heterocycles. The Balaban J connectivity index is 1.74. The van der Waals surface area contributed by atoms with Crippen molar-refractivity contribution in [2.24, 2.45) is 0 Å². The number of aliphatic hydroxyl groups excluding tert-OH is 8. The lowest BCUT2D eigenvalue weighted by molar-refractivity contribution is -0.359. The Morgan fingerprint density at radius 3 is 1.47 bits per heavy atom. The highest BCUT2D eigenvalue weighted by Gasteiger charge is 2.51. The van der Waals surface area contributed by atoms with E-state index in [1.54, 1.807) is 0 Å². The monoisotopic (exact) mass is 972 g/mol. The number of hydrogen-bond donors (Lipinski definition) is 9. The van der Waals surface area contributed by atoms with Gasteiger partial charge in [-0.15, -0.1) is 0 Å². The van der Waals surface area contributed by atoms with Crippen LogP contribution in [0.25, 0.3) is 0 Å². The molecule has 9 N–H and O–H groups in total. The molecule has 12 atom stereocenters. The minimum atomic E-state index is -1.78.